The summed E-state index contributed by atoms with van der Waals surface area (Å²) in [6.45, 7) is 13.7. The molecule has 0 aromatic carbocycles. The number of aliphatic imine (C=N–C) groups is 2. The number of guanidine groups is 1. The molecule has 0 spiro atoms. The number of nitrogens with one attached hydrogen (secondary N) is 1. The van der Waals surface area contributed by atoms with E-state index in [9.17, 15) is 9.59 Å². The Kier molecular flexibility index (Phi) is 7.45. The molecular weight excluding hydrogens is 300 g/mol. The summed E-state index contributed by atoms with van der Waals surface area (Å²) in [4.78, 5) is 32.5. The Morgan fingerprint density at radius 3 is 2.04 bits per heavy atom. The third-order valence-electron chi connectivity index (χ3n) is 1.88. The van der Waals surface area contributed by atoms with Crippen molar-refractivity contribution in [2.45, 2.75) is 52.7 Å². The van der Waals surface area contributed by atoms with E-state index in [2.05, 4.69) is 21.9 Å². The van der Waals surface area contributed by atoms with Crippen LogP contribution in [0.1, 0.15) is 41.5 Å². The van der Waals surface area contributed by atoms with E-state index >= 15 is 0 Å². The molecule has 0 aliphatic rings. The molecule has 2 amide bonds. The molecule has 1 N–H and O–H groups in total. The fourth-order valence-corrected chi connectivity index (χ4v) is 1.16. The lowest BCUT2D eigenvalue weighted by molar-refractivity contribution is 0.0558. The van der Waals surface area contributed by atoms with E-state index in [0.29, 0.717) is 0 Å². The normalized spacial score (nSPS) is 12.7. The average molecular weight is 326 g/mol. The average Bonchev–Trinajstić information content (AvgIpc) is 2.30. The highest BCUT2D eigenvalue weighted by atomic mass is 16.6. The van der Waals surface area contributed by atoms with Crippen LogP contribution in [0.4, 0.5) is 9.59 Å². The largest absolute Gasteiger partial charge is 0.444 e. The number of ether oxygens (including phenoxy) is 2. The first-order chi connectivity index (χ1) is 10.3. The second-order valence-corrected chi connectivity index (χ2v) is 6.60. The first kappa shape index (κ1) is 20.6. The molecule has 0 fully saturated rings. The minimum absolute atomic E-state index is 0.0842. The lowest BCUT2D eigenvalue weighted by Crippen LogP contribution is -2.44. The number of amides is 2. The predicted octanol–water partition coefficient (Wildman–Crippen LogP) is 2.91. The summed E-state index contributed by atoms with van der Waals surface area (Å²) >= 11 is 0. The van der Waals surface area contributed by atoms with Crippen molar-refractivity contribution in [3.05, 3.63) is 12.8 Å². The quantitative estimate of drug-likeness (QED) is 0.622. The SMILES string of the molecule is C=C/N=C\N(C)/C(=N/C(=O)OC(C)(C)C)NC(=O)OC(C)(C)C. The van der Waals surface area contributed by atoms with E-state index in [1.165, 1.54) is 17.4 Å². The van der Waals surface area contributed by atoms with E-state index in [1.54, 1.807) is 48.6 Å². The Morgan fingerprint density at radius 2 is 1.61 bits per heavy atom. The Bertz CT molecular complexity index is 499. The van der Waals surface area contributed by atoms with Crippen molar-refractivity contribution in [1.82, 2.24) is 10.2 Å². The summed E-state index contributed by atoms with van der Waals surface area (Å²) in [6, 6.07) is 0. The molecule has 130 valence electrons. The van der Waals surface area contributed by atoms with Gasteiger partial charge in [-0.25, -0.2) is 14.6 Å². The summed E-state index contributed by atoms with van der Waals surface area (Å²) in [7, 11) is 1.55. The lowest BCUT2D eigenvalue weighted by Gasteiger charge is -2.22. The number of hydrogen-bond donors (Lipinski definition) is 1. The molecule has 0 rings (SSSR count). The van der Waals surface area contributed by atoms with E-state index < -0.39 is 23.4 Å². The molecule has 0 aliphatic carbocycles. The van der Waals surface area contributed by atoms with Gasteiger partial charge in [0.25, 0.3) is 0 Å². The van der Waals surface area contributed by atoms with Crippen LogP contribution in [0, 0.1) is 0 Å². The van der Waals surface area contributed by atoms with Crippen molar-refractivity contribution in [2.75, 3.05) is 7.05 Å². The molecule has 0 bridgehead atoms. The Hall–Kier alpha value is -2.38. The highest BCUT2D eigenvalue weighted by molar-refractivity contribution is 6.03. The van der Waals surface area contributed by atoms with Crippen molar-refractivity contribution in [2.24, 2.45) is 9.98 Å². The molecule has 0 saturated heterocycles. The van der Waals surface area contributed by atoms with Gasteiger partial charge in [0.15, 0.2) is 0 Å². The van der Waals surface area contributed by atoms with Gasteiger partial charge in [-0.05, 0) is 41.5 Å². The van der Waals surface area contributed by atoms with Gasteiger partial charge in [-0.15, -0.1) is 4.99 Å². The fourth-order valence-electron chi connectivity index (χ4n) is 1.16. The van der Waals surface area contributed by atoms with Crippen LogP contribution in [0.2, 0.25) is 0 Å². The highest BCUT2D eigenvalue weighted by Gasteiger charge is 2.21. The number of carbonyl (C=O) groups excluding carboxylic acids is 2. The molecule has 0 aromatic rings. The molecule has 0 aliphatic heterocycles. The van der Waals surface area contributed by atoms with E-state index in [0.717, 1.165) is 0 Å². The zero-order valence-corrected chi connectivity index (χ0v) is 14.8. The zero-order chi connectivity index (χ0) is 18.3. The molecule has 0 saturated carbocycles. The van der Waals surface area contributed by atoms with Crippen LogP contribution in [0.15, 0.2) is 22.8 Å². The van der Waals surface area contributed by atoms with Crippen LogP contribution in [0.3, 0.4) is 0 Å². The molecule has 0 atom stereocenters. The summed E-state index contributed by atoms with van der Waals surface area (Å²) in [5.74, 6) is -0.0842. The van der Waals surface area contributed by atoms with Crippen LogP contribution in [-0.4, -0.2) is 47.6 Å². The van der Waals surface area contributed by atoms with Crippen LogP contribution in [0.5, 0.6) is 0 Å². The van der Waals surface area contributed by atoms with Gasteiger partial charge in [0.1, 0.15) is 11.2 Å². The van der Waals surface area contributed by atoms with Crippen molar-refractivity contribution in [3.8, 4) is 0 Å². The van der Waals surface area contributed by atoms with Crippen LogP contribution >= 0.6 is 0 Å². The molecule has 23 heavy (non-hydrogen) atoms. The molecule has 0 heterocycles. The van der Waals surface area contributed by atoms with Gasteiger partial charge >= 0.3 is 12.2 Å². The topological polar surface area (TPSA) is 92.6 Å². The first-order valence-corrected chi connectivity index (χ1v) is 7.03. The standard InChI is InChI=1S/C15H26N4O4/c1-9-16-10-19(8)11(17-12(20)22-14(2,3)4)18-13(21)23-15(5,6)7/h9-10H,1H2,2-8H3,(H,17,18,20,21)/b16-10-. The summed E-state index contributed by atoms with van der Waals surface area (Å²) < 4.78 is 10.2. The number of hydrogen-bond acceptors (Lipinski definition) is 5. The minimum Gasteiger partial charge on any atom is -0.444 e. The minimum atomic E-state index is -0.845. The van der Waals surface area contributed by atoms with Crippen molar-refractivity contribution in [3.63, 3.8) is 0 Å². The maximum atomic E-state index is 11.9. The Morgan fingerprint density at radius 1 is 1.09 bits per heavy atom. The molecule has 0 radical (unpaired) electrons. The number of carbonyl (C=O) groups is 2. The Balaban J connectivity index is 5.23. The van der Waals surface area contributed by atoms with E-state index in [1.807, 2.05) is 0 Å². The van der Waals surface area contributed by atoms with Gasteiger partial charge < -0.3 is 14.4 Å². The molecule has 0 unspecified atom stereocenters. The predicted molar refractivity (Wildman–Crippen MR) is 89.5 cm³/mol. The molecule has 8 nitrogen and oxygen atoms in total. The Labute approximate surface area is 137 Å². The van der Waals surface area contributed by atoms with Crippen LogP contribution < -0.4 is 5.32 Å². The van der Waals surface area contributed by atoms with E-state index in [-0.39, 0.29) is 5.96 Å². The van der Waals surface area contributed by atoms with E-state index in [4.69, 9.17) is 9.47 Å². The number of alkyl carbamates (subject to hydrolysis) is 1. The van der Waals surface area contributed by atoms with Gasteiger partial charge in [-0.3, -0.25) is 5.32 Å². The van der Waals surface area contributed by atoms with Gasteiger partial charge in [0.2, 0.25) is 5.96 Å². The van der Waals surface area contributed by atoms with Gasteiger partial charge in [0, 0.05) is 13.2 Å². The second-order valence-electron chi connectivity index (χ2n) is 6.60. The van der Waals surface area contributed by atoms with Gasteiger partial charge in [0.05, 0.1) is 6.34 Å². The maximum Gasteiger partial charge on any atom is 0.437 e. The van der Waals surface area contributed by atoms with Gasteiger partial charge in [-0.1, -0.05) is 6.58 Å². The highest BCUT2D eigenvalue weighted by Crippen LogP contribution is 2.09. The lowest BCUT2D eigenvalue weighted by atomic mass is 10.2. The summed E-state index contributed by atoms with van der Waals surface area (Å²) in [5, 5.41) is 2.39. The smallest absolute Gasteiger partial charge is 0.437 e. The molecule has 0 aromatic heterocycles. The maximum absolute atomic E-state index is 11.9. The summed E-state index contributed by atoms with van der Waals surface area (Å²) in [5.41, 5.74) is -1.39. The van der Waals surface area contributed by atoms with Crippen molar-refractivity contribution in [1.29, 1.82) is 0 Å². The number of nitrogens with zero attached hydrogens (tertiary/aromatic N) is 3. The second kappa shape index (κ2) is 8.30. The monoisotopic (exact) mass is 326 g/mol. The van der Waals surface area contributed by atoms with Gasteiger partial charge in [-0.2, -0.15) is 0 Å². The zero-order valence-electron chi connectivity index (χ0n) is 14.8. The van der Waals surface area contributed by atoms with Crippen molar-refractivity contribution >= 4 is 24.5 Å². The fraction of sp³-hybridized carbons (Fsp3) is 0.600. The summed E-state index contributed by atoms with van der Waals surface area (Å²) in [6.07, 6.45) is 1.03. The van der Waals surface area contributed by atoms with Crippen LogP contribution in [-0.2, 0) is 9.47 Å². The first-order valence-electron chi connectivity index (χ1n) is 7.03. The number of rotatable bonds is 2. The molecule has 8 heteroatoms. The molecular formula is C15H26N4O4. The third-order valence-corrected chi connectivity index (χ3v) is 1.88. The van der Waals surface area contributed by atoms with Crippen molar-refractivity contribution < 1.29 is 19.1 Å². The van der Waals surface area contributed by atoms with Crippen LogP contribution in [0.25, 0.3) is 0 Å². The third kappa shape index (κ3) is 10.9.